The number of halogens is 1. The molecule has 1 atom stereocenters. The molecule has 1 rings (SSSR count). The van der Waals surface area contributed by atoms with Gasteiger partial charge in [0.15, 0.2) is 11.6 Å². The minimum absolute atomic E-state index is 0.0743. The smallest absolute Gasteiger partial charge is 0.224 e. The zero-order chi connectivity index (χ0) is 12.3. The lowest BCUT2D eigenvalue weighted by Crippen LogP contribution is -2.42. The Morgan fingerprint density at radius 2 is 2.12 bits per heavy atom. The minimum atomic E-state index is -0.666. The summed E-state index contributed by atoms with van der Waals surface area (Å²) >= 11 is 0. The highest BCUT2D eigenvalue weighted by Gasteiger charge is 2.25. The molecule has 0 bridgehead atoms. The van der Waals surface area contributed by atoms with Crippen molar-refractivity contribution in [3.8, 4) is 0 Å². The number of nitrogens with zero attached hydrogens (tertiary/aromatic N) is 2. The normalized spacial score (nSPS) is 13.4. The maximum Gasteiger partial charge on any atom is 0.224 e. The zero-order valence-corrected chi connectivity index (χ0v) is 9.87. The monoisotopic (exact) mass is 228 g/mol. The van der Waals surface area contributed by atoms with Gasteiger partial charge in [0.25, 0.3) is 0 Å². The topological polar surface area (TPSA) is 70.1 Å². The number of nitrogens with one attached hydrogen (secondary N) is 2. The average molecular weight is 228 g/mol. The van der Waals surface area contributed by atoms with Crippen LogP contribution in [-0.4, -0.2) is 33.8 Å². The summed E-state index contributed by atoms with van der Waals surface area (Å²) in [4.78, 5) is 7.67. The number of hydrogen-bond donors (Lipinski definition) is 3. The Morgan fingerprint density at radius 1 is 1.50 bits per heavy atom. The van der Waals surface area contributed by atoms with Gasteiger partial charge in [-0.05, 0) is 20.8 Å². The average Bonchev–Trinajstić information content (AvgIpc) is 2.21. The van der Waals surface area contributed by atoms with Crippen LogP contribution in [0.25, 0.3) is 0 Å². The van der Waals surface area contributed by atoms with Gasteiger partial charge in [0.1, 0.15) is 0 Å². The van der Waals surface area contributed by atoms with Gasteiger partial charge in [-0.25, -0.2) is 9.37 Å². The van der Waals surface area contributed by atoms with Crippen molar-refractivity contribution >= 4 is 11.8 Å². The van der Waals surface area contributed by atoms with E-state index in [1.54, 1.807) is 27.8 Å². The summed E-state index contributed by atoms with van der Waals surface area (Å²) < 4.78 is 13.4. The molecule has 1 aromatic rings. The Morgan fingerprint density at radius 3 is 2.62 bits per heavy atom. The van der Waals surface area contributed by atoms with E-state index in [2.05, 4.69) is 20.6 Å². The lowest BCUT2D eigenvalue weighted by atomic mass is 9.99. The second-order valence-corrected chi connectivity index (χ2v) is 4.16. The van der Waals surface area contributed by atoms with Crippen molar-refractivity contribution in [1.29, 1.82) is 0 Å². The second-order valence-electron chi connectivity index (χ2n) is 4.16. The Kier molecular flexibility index (Phi) is 3.64. The molecule has 16 heavy (non-hydrogen) atoms. The van der Waals surface area contributed by atoms with E-state index < -0.39 is 17.5 Å². The summed E-state index contributed by atoms with van der Waals surface area (Å²) in [5, 5.41) is 15.1. The molecular formula is C10H17FN4O. The second kappa shape index (κ2) is 4.61. The number of aliphatic hydroxyl groups excluding tert-OH is 1. The molecule has 5 nitrogen and oxygen atoms in total. The SMILES string of the molecule is CNc1ncc(F)c(NC(C)(C)C(C)O)n1. The first-order valence-electron chi connectivity index (χ1n) is 5.03. The van der Waals surface area contributed by atoms with Crippen LogP contribution in [0.2, 0.25) is 0 Å². The Balaban J connectivity index is 2.96. The molecule has 0 radical (unpaired) electrons. The quantitative estimate of drug-likeness (QED) is 0.723. The third-order valence-electron chi connectivity index (χ3n) is 2.45. The van der Waals surface area contributed by atoms with Crippen LogP contribution in [-0.2, 0) is 0 Å². The highest BCUT2D eigenvalue weighted by molar-refractivity contribution is 5.43. The van der Waals surface area contributed by atoms with Crippen LogP contribution in [0.5, 0.6) is 0 Å². The van der Waals surface area contributed by atoms with Gasteiger partial charge in [0.2, 0.25) is 5.95 Å². The van der Waals surface area contributed by atoms with Gasteiger partial charge < -0.3 is 15.7 Å². The fourth-order valence-electron chi connectivity index (χ4n) is 0.985. The van der Waals surface area contributed by atoms with Crippen molar-refractivity contribution in [3.63, 3.8) is 0 Å². The molecule has 0 spiro atoms. The van der Waals surface area contributed by atoms with Gasteiger partial charge in [-0.15, -0.1) is 0 Å². The fraction of sp³-hybridized carbons (Fsp3) is 0.600. The van der Waals surface area contributed by atoms with E-state index in [0.29, 0.717) is 5.95 Å². The Labute approximate surface area is 94.1 Å². The fourth-order valence-corrected chi connectivity index (χ4v) is 0.985. The van der Waals surface area contributed by atoms with Gasteiger partial charge in [0.05, 0.1) is 17.8 Å². The summed E-state index contributed by atoms with van der Waals surface area (Å²) in [6, 6.07) is 0. The summed E-state index contributed by atoms with van der Waals surface area (Å²) in [6.07, 6.45) is 0.444. The maximum absolute atomic E-state index is 13.4. The van der Waals surface area contributed by atoms with Crippen LogP contribution in [0, 0.1) is 5.82 Å². The van der Waals surface area contributed by atoms with Crippen molar-refractivity contribution in [3.05, 3.63) is 12.0 Å². The molecule has 0 aromatic carbocycles. The van der Waals surface area contributed by atoms with Crippen LogP contribution >= 0.6 is 0 Å². The predicted octanol–water partition coefficient (Wildman–Crippen LogP) is 1.23. The van der Waals surface area contributed by atoms with E-state index in [0.717, 1.165) is 6.20 Å². The van der Waals surface area contributed by atoms with E-state index >= 15 is 0 Å². The first kappa shape index (κ1) is 12.6. The van der Waals surface area contributed by atoms with E-state index in [4.69, 9.17) is 0 Å². The van der Waals surface area contributed by atoms with Gasteiger partial charge >= 0.3 is 0 Å². The molecule has 1 unspecified atom stereocenters. The summed E-state index contributed by atoms with van der Waals surface area (Å²) in [5.41, 5.74) is -0.666. The summed E-state index contributed by atoms with van der Waals surface area (Å²) in [5.74, 6) is -0.150. The van der Waals surface area contributed by atoms with Crippen molar-refractivity contribution < 1.29 is 9.50 Å². The van der Waals surface area contributed by atoms with Crippen molar-refractivity contribution in [1.82, 2.24) is 9.97 Å². The number of rotatable bonds is 4. The molecule has 1 aromatic heterocycles. The lowest BCUT2D eigenvalue weighted by molar-refractivity contribution is 0.132. The number of aromatic nitrogens is 2. The van der Waals surface area contributed by atoms with E-state index in [1.165, 1.54) is 0 Å². The van der Waals surface area contributed by atoms with Gasteiger partial charge in [0, 0.05) is 7.05 Å². The van der Waals surface area contributed by atoms with Crippen LogP contribution in [0.15, 0.2) is 6.20 Å². The number of aliphatic hydroxyl groups is 1. The molecule has 3 N–H and O–H groups in total. The predicted molar refractivity (Wildman–Crippen MR) is 60.9 cm³/mol. The first-order chi connectivity index (χ1) is 7.36. The summed E-state index contributed by atoms with van der Waals surface area (Å²) in [6.45, 7) is 5.15. The molecule has 0 aliphatic rings. The lowest BCUT2D eigenvalue weighted by Gasteiger charge is -2.30. The van der Waals surface area contributed by atoms with Gasteiger partial charge in [-0.2, -0.15) is 4.98 Å². The molecule has 0 fully saturated rings. The van der Waals surface area contributed by atoms with Crippen molar-refractivity contribution in [2.45, 2.75) is 32.4 Å². The molecule has 0 aliphatic carbocycles. The standard InChI is InChI=1S/C10H17FN4O/c1-6(16)10(2,3)15-8-7(11)5-13-9(12-4)14-8/h5-6,16H,1-4H3,(H2,12,13,14,15). The highest BCUT2D eigenvalue weighted by Crippen LogP contribution is 2.19. The molecule has 90 valence electrons. The summed E-state index contributed by atoms with van der Waals surface area (Å²) in [7, 11) is 1.65. The first-order valence-corrected chi connectivity index (χ1v) is 5.03. The van der Waals surface area contributed by atoms with Crippen LogP contribution in [0.3, 0.4) is 0 Å². The van der Waals surface area contributed by atoms with Crippen LogP contribution in [0.4, 0.5) is 16.2 Å². The molecule has 1 heterocycles. The van der Waals surface area contributed by atoms with Crippen molar-refractivity contribution in [2.24, 2.45) is 0 Å². The molecule has 0 saturated carbocycles. The van der Waals surface area contributed by atoms with E-state index in [1.807, 2.05) is 0 Å². The molecular weight excluding hydrogens is 211 g/mol. The molecule has 0 aliphatic heterocycles. The van der Waals surface area contributed by atoms with Crippen LogP contribution < -0.4 is 10.6 Å². The molecule has 0 saturated heterocycles. The highest BCUT2D eigenvalue weighted by atomic mass is 19.1. The number of anilines is 2. The van der Waals surface area contributed by atoms with Gasteiger partial charge in [-0.3, -0.25) is 0 Å². The van der Waals surface area contributed by atoms with Gasteiger partial charge in [-0.1, -0.05) is 0 Å². The Hall–Kier alpha value is -1.43. The Bertz CT molecular complexity index is 368. The van der Waals surface area contributed by atoms with Crippen molar-refractivity contribution in [2.75, 3.05) is 17.7 Å². The minimum Gasteiger partial charge on any atom is -0.391 e. The van der Waals surface area contributed by atoms with Crippen LogP contribution in [0.1, 0.15) is 20.8 Å². The van der Waals surface area contributed by atoms with E-state index in [-0.39, 0.29) is 5.82 Å². The molecule has 6 heteroatoms. The zero-order valence-electron chi connectivity index (χ0n) is 9.87. The third kappa shape index (κ3) is 2.79. The third-order valence-corrected chi connectivity index (χ3v) is 2.45. The maximum atomic E-state index is 13.4. The largest absolute Gasteiger partial charge is 0.391 e. The van der Waals surface area contributed by atoms with E-state index in [9.17, 15) is 9.50 Å². The molecule has 0 amide bonds. The number of hydrogen-bond acceptors (Lipinski definition) is 5.